The standard InChI is InChI=1S/C17H18N4O3S/c22-14-12-5-1-2-6-13(12)15(23)20(14)9-3-4-10-25-17-19-18-16(24)21(17)11-7-8-11/h1-2,5-6,11H,3-4,7-10H2,(H,18,24). The minimum Gasteiger partial charge on any atom is -0.274 e. The molecule has 0 spiro atoms. The van der Waals surface area contributed by atoms with Crippen LogP contribution in [0.3, 0.4) is 0 Å². The van der Waals surface area contributed by atoms with Gasteiger partial charge >= 0.3 is 5.69 Å². The number of hydrogen-bond acceptors (Lipinski definition) is 5. The lowest BCUT2D eigenvalue weighted by Gasteiger charge is -2.13. The molecule has 0 radical (unpaired) electrons. The van der Waals surface area contributed by atoms with Crippen molar-refractivity contribution in [1.82, 2.24) is 19.7 Å². The number of amides is 2. The number of benzene rings is 1. The first-order valence-corrected chi connectivity index (χ1v) is 9.40. The molecule has 2 aromatic rings. The smallest absolute Gasteiger partial charge is 0.274 e. The summed E-state index contributed by atoms with van der Waals surface area (Å²) < 4.78 is 1.73. The van der Waals surface area contributed by atoms with E-state index in [9.17, 15) is 14.4 Å². The van der Waals surface area contributed by atoms with Crippen LogP contribution in [0.4, 0.5) is 0 Å². The number of hydrogen-bond donors (Lipinski definition) is 1. The molecule has 0 bridgehead atoms. The lowest BCUT2D eigenvalue weighted by molar-refractivity contribution is 0.0652. The van der Waals surface area contributed by atoms with Crippen LogP contribution in [0.2, 0.25) is 0 Å². The molecule has 2 aliphatic rings. The van der Waals surface area contributed by atoms with E-state index in [1.165, 1.54) is 16.7 Å². The number of rotatable bonds is 7. The third-order valence-electron chi connectivity index (χ3n) is 4.47. The second kappa shape index (κ2) is 6.51. The molecule has 2 heterocycles. The molecule has 2 amide bonds. The van der Waals surface area contributed by atoms with E-state index in [0.29, 0.717) is 23.7 Å². The largest absolute Gasteiger partial charge is 0.344 e. The molecule has 130 valence electrons. The summed E-state index contributed by atoms with van der Waals surface area (Å²) in [5, 5.41) is 7.31. The molecule has 1 N–H and O–H groups in total. The summed E-state index contributed by atoms with van der Waals surface area (Å²) in [7, 11) is 0. The maximum Gasteiger partial charge on any atom is 0.344 e. The van der Waals surface area contributed by atoms with Crippen molar-refractivity contribution in [3.63, 3.8) is 0 Å². The Morgan fingerprint density at radius 3 is 2.40 bits per heavy atom. The Bertz CT molecular complexity index is 849. The van der Waals surface area contributed by atoms with Gasteiger partial charge in [-0.15, -0.1) is 5.10 Å². The summed E-state index contributed by atoms with van der Waals surface area (Å²) in [5.41, 5.74) is 0.842. The summed E-state index contributed by atoms with van der Waals surface area (Å²) in [6.45, 7) is 0.420. The number of thioether (sulfide) groups is 1. The van der Waals surface area contributed by atoms with E-state index in [2.05, 4.69) is 10.2 Å². The van der Waals surface area contributed by atoms with Crippen molar-refractivity contribution < 1.29 is 9.59 Å². The highest BCUT2D eigenvalue weighted by Gasteiger charge is 2.34. The molecule has 1 saturated carbocycles. The van der Waals surface area contributed by atoms with Gasteiger partial charge in [-0.1, -0.05) is 23.9 Å². The van der Waals surface area contributed by atoms with E-state index in [0.717, 1.165) is 36.6 Å². The third-order valence-corrected chi connectivity index (χ3v) is 5.51. The van der Waals surface area contributed by atoms with E-state index >= 15 is 0 Å². The van der Waals surface area contributed by atoms with E-state index in [4.69, 9.17) is 0 Å². The Balaban J connectivity index is 1.28. The lowest BCUT2D eigenvalue weighted by atomic mass is 10.1. The Kier molecular flexibility index (Phi) is 4.20. The maximum atomic E-state index is 12.3. The number of carbonyl (C=O) groups is 2. The number of nitrogens with zero attached hydrogens (tertiary/aromatic N) is 3. The Hall–Kier alpha value is -2.35. The molecule has 1 aromatic carbocycles. The third kappa shape index (κ3) is 3.02. The van der Waals surface area contributed by atoms with Gasteiger partial charge in [-0.25, -0.2) is 9.89 Å². The summed E-state index contributed by atoms with van der Waals surface area (Å²) in [6.07, 6.45) is 3.64. The van der Waals surface area contributed by atoms with Gasteiger partial charge in [-0.05, 0) is 37.8 Å². The van der Waals surface area contributed by atoms with Gasteiger partial charge in [0.05, 0.1) is 11.1 Å². The van der Waals surface area contributed by atoms with Crippen LogP contribution in [0, 0.1) is 0 Å². The van der Waals surface area contributed by atoms with Crippen LogP contribution in [0.1, 0.15) is 52.4 Å². The monoisotopic (exact) mass is 358 g/mol. The zero-order chi connectivity index (χ0) is 17.4. The number of carbonyl (C=O) groups excluding carboxylic acids is 2. The Morgan fingerprint density at radius 1 is 1.08 bits per heavy atom. The highest BCUT2D eigenvalue weighted by atomic mass is 32.2. The predicted octanol–water partition coefficient (Wildman–Crippen LogP) is 2.07. The van der Waals surface area contributed by atoms with Crippen LogP contribution in [-0.2, 0) is 0 Å². The van der Waals surface area contributed by atoms with Crippen LogP contribution in [-0.4, -0.2) is 43.8 Å². The van der Waals surface area contributed by atoms with Crippen LogP contribution in [0.15, 0.2) is 34.2 Å². The van der Waals surface area contributed by atoms with Gasteiger partial charge in [-0.2, -0.15) is 0 Å². The first kappa shape index (κ1) is 16.1. The van der Waals surface area contributed by atoms with Gasteiger partial charge in [0, 0.05) is 18.3 Å². The highest BCUT2D eigenvalue weighted by molar-refractivity contribution is 7.99. The average molecular weight is 358 g/mol. The lowest BCUT2D eigenvalue weighted by Crippen LogP contribution is -2.30. The number of imide groups is 1. The van der Waals surface area contributed by atoms with Gasteiger partial charge in [0.2, 0.25) is 0 Å². The number of nitrogens with one attached hydrogen (secondary N) is 1. The Morgan fingerprint density at radius 2 is 1.76 bits per heavy atom. The number of unbranched alkanes of at least 4 members (excludes halogenated alkanes) is 1. The molecule has 0 unspecified atom stereocenters. The zero-order valence-electron chi connectivity index (χ0n) is 13.6. The first-order valence-electron chi connectivity index (χ1n) is 8.42. The summed E-state index contributed by atoms with van der Waals surface area (Å²) >= 11 is 1.54. The number of fused-ring (bicyclic) bond motifs is 1. The fraction of sp³-hybridized carbons (Fsp3) is 0.412. The number of aromatic amines is 1. The number of H-pyrrole nitrogens is 1. The maximum absolute atomic E-state index is 12.3. The quantitative estimate of drug-likeness (QED) is 0.465. The van der Waals surface area contributed by atoms with E-state index in [1.807, 2.05) is 0 Å². The van der Waals surface area contributed by atoms with Crippen LogP contribution >= 0.6 is 11.8 Å². The first-order chi connectivity index (χ1) is 12.2. The van der Waals surface area contributed by atoms with Gasteiger partial charge in [0.25, 0.3) is 11.8 Å². The van der Waals surface area contributed by atoms with Gasteiger partial charge in [-0.3, -0.25) is 19.1 Å². The van der Waals surface area contributed by atoms with Crippen molar-refractivity contribution in [3.8, 4) is 0 Å². The van der Waals surface area contributed by atoms with Gasteiger partial charge in [0.1, 0.15) is 0 Å². The van der Waals surface area contributed by atoms with E-state index in [1.54, 1.807) is 28.8 Å². The van der Waals surface area contributed by atoms with E-state index in [-0.39, 0.29) is 17.5 Å². The van der Waals surface area contributed by atoms with Crippen molar-refractivity contribution in [2.75, 3.05) is 12.3 Å². The molecule has 4 rings (SSSR count). The molecule has 1 aromatic heterocycles. The van der Waals surface area contributed by atoms with Crippen molar-refractivity contribution in [2.45, 2.75) is 36.9 Å². The van der Waals surface area contributed by atoms with Crippen molar-refractivity contribution in [3.05, 3.63) is 45.9 Å². The van der Waals surface area contributed by atoms with Crippen molar-refractivity contribution in [1.29, 1.82) is 0 Å². The van der Waals surface area contributed by atoms with Crippen LogP contribution < -0.4 is 5.69 Å². The zero-order valence-corrected chi connectivity index (χ0v) is 14.4. The topological polar surface area (TPSA) is 88.1 Å². The molecule has 7 nitrogen and oxygen atoms in total. The fourth-order valence-electron chi connectivity index (χ4n) is 3.02. The minimum atomic E-state index is -0.205. The van der Waals surface area contributed by atoms with Crippen LogP contribution in [0.25, 0.3) is 0 Å². The second-order valence-electron chi connectivity index (χ2n) is 6.28. The molecule has 8 heteroatoms. The Labute approximate surface area is 148 Å². The highest BCUT2D eigenvalue weighted by Crippen LogP contribution is 2.36. The summed E-state index contributed by atoms with van der Waals surface area (Å²) in [4.78, 5) is 37.6. The summed E-state index contributed by atoms with van der Waals surface area (Å²) in [5.74, 6) is 0.381. The number of aromatic nitrogens is 3. The van der Waals surface area contributed by atoms with Crippen LogP contribution in [0.5, 0.6) is 0 Å². The molecular formula is C17H18N4O3S. The van der Waals surface area contributed by atoms with E-state index < -0.39 is 0 Å². The molecular weight excluding hydrogens is 340 g/mol. The molecule has 1 fully saturated rings. The minimum absolute atomic E-state index is 0.143. The molecule has 0 atom stereocenters. The van der Waals surface area contributed by atoms with Crippen molar-refractivity contribution in [2.24, 2.45) is 0 Å². The molecule has 1 aliphatic heterocycles. The second-order valence-corrected chi connectivity index (χ2v) is 7.34. The molecule has 25 heavy (non-hydrogen) atoms. The average Bonchev–Trinajstić information content (AvgIpc) is 3.35. The molecule has 0 saturated heterocycles. The molecule has 1 aliphatic carbocycles. The predicted molar refractivity (Wildman–Crippen MR) is 92.9 cm³/mol. The normalized spacial score (nSPS) is 16.6. The van der Waals surface area contributed by atoms with Gasteiger partial charge in [0.15, 0.2) is 5.16 Å². The SMILES string of the molecule is O=C1c2ccccc2C(=O)N1CCCCSc1n[nH]c(=O)n1C1CC1. The van der Waals surface area contributed by atoms with Gasteiger partial charge < -0.3 is 0 Å². The summed E-state index contributed by atoms with van der Waals surface area (Å²) in [6, 6.07) is 7.23. The van der Waals surface area contributed by atoms with Crippen molar-refractivity contribution >= 4 is 23.6 Å². The fourth-order valence-corrected chi connectivity index (χ4v) is 4.04.